The van der Waals surface area contributed by atoms with Gasteiger partial charge in [0.1, 0.15) is 12.1 Å². The van der Waals surface area contributed by atoms with Gasteiger partial charge in [0.15, 0.2) is 5.69 Å². The molecule has 0 aliphatic carbocycles. The van der Waals surface area contributed by atoms with E-state index in [1.807, 2.05) is 6.07 Å². The molecule has 0 aliphatic rings. The van der Waals surface area contributed by atoms with E-state index in [-0.39, 0.29) is 5.69 Å². The third-order valence-electron chi connectivity index (χ3n) is 2.05. The summed E-state index contributed by atoms with van der Waals surface area (Å²) in [7, 11) is 0. The monoisotopic (exact) mass is 250 g/mol. The van der Waals surface area contributed by atoms with Crippen molar-refractivity contribution in [2.75, 3.05) is 11.9 Å². The SMILES string of the molecule is O=C(O)c1cc(NCCc2ccns2)ncn1. The smallest absolute Gasteiger partial charge is 0.354 e. The number of carboxylic acids is 1. The summed E-state index contributed by atoms with van der Waals surface area (Å²) >= 11 is 1.45. The molecule has 2 aromatic heterocycles. The summed E-state index contributed by atoms with van der Waals surface area (Å²) < 4.78 is 4.00. The Labute approximate surface area is 102 Å². The molecule has 2 heterocycles. The molecule has 0 aliphatic heterocycles. The minimum Gasteiger partial charge on any atom is -0.477 e. The molecule has 2 N–H and O–H groups in total. The van der Waals surface area contributed by atoms with Gasteiger partial charge in [-0.2, -0.15) is 0 Å². The Balaban J connectivity index is 1.90. The summed E-state index contributed by atoms with van der Waals surface area (Å²) in [6.45, 7) is 0.679. The van der Waals surface area contributed by atoms with E-state index in [0.717, 1.165) is 6.42 Å². The molecule has 17 heavy (non-hydrogen) atoms. The number of hydrogen-bond acceptors (Lipinski definition) is 6. The number of rotatable bonds is 5. The maximum atomic E-state index is 10.7. The second kappa shape index (κ2) is 5.35. The van der Waals surface area contributed by atoms with Crippen molar-refractivity contribution in [3.05, 3.63) is 35.2 Å². The van der Waals surface area contributed by atoms with Crippen molar-refractivity contribution in [1.82, 2.24) is 14.3 Å². The summed E-state index contributed by atoms with van der Waals surface area (Å²) in [6, 6.07) is 3.37. The third-order valence-corrected chi connectivity index (χ3v) is 2.86. The quantitative estimate of drug-likeness (QED) is 0.831. The molecule has 0 saturated heterocycles. The lowest BCUT2D eigenvalue weighted by molar-refractivity contribution is 0.0690. The van der Waals surface area contributed by atoms with E-state index in [1.54, 1.807) is 6.20 Å². The van der Waals surface area contributed by atoms with Crippen molar-refractivity contribution in [1.29, 1.82) is 0 Å². The number of aromatic carboxylic acids is 1. The number of aromatic nitrogens is 3. The zero-order valence-corrected chi connectivity index (χ0v) is 9.65. The molecule has 0 fully saturated rings. The molecule has 0 unspecified atom stereocenters. The Bertz CT molecular complexity index is 501. The number of hydrogen-bond donors (Lipinski definition) is 2. The van der Waals surface area contributed by atoms with E-state index in [1.165, 1.54) is 28.8 Å². The van der Waals surface area contributed by atoms with Crippen LogP contribution in [0.5, 0.6) is 0 Å². The fourth-order valence-corrected chi connectivity index (χ4v) is 1.83. The van der Waals surface area contributed by atoms with Gasteiger partial charge < -0.3 is 10.4 Å². The Morgan fingerprint density at radius 3 is 3.06 bits per heavy atom. The van der Waals surface area contributed by atoms with Crippen LogP contribution in [0.3, 0.4) is 0 Å². The Morgan fingerprint density at radius 2 is 2.35 bits per heavy atom. The van der Waals surface area contributed by atoms with Gasteiger partial charge in [0.25, 0.3) is 0 Å². The van der Waals surface area contributed by atoms with E-state index in [9.17, 15) is 4.79 Å². The van der Waals surface area contributed by atoms with E-state index in [2.05, 4.69) is 19.7 Å². The average Bonchev–Trinajstić information content (AvgIpc) is 2.82. The number of nitrogens with one attached hydrogen (secondary N) is 1. The predicted molar refractivity (Wildman–Crippen MR) is 63.3 cm³/mol. The molecule has 0 saturated carbocycles. The first-order valence-electron chi connectivity index (χ1n) is 4.94. The molecule has 0 radical (unpaired) electrons. The molecule has 2 aromatic rings. The van der Waals surface area contributed by atoms with Gasteiger partial charge in [-0.1, -0.05) is 0 Å². The highest BCUT2D eigenvalue weighted by Gasteiger charge is 2.05. The topological polar surface area (TPSA) is 88.0 Å². The Kier molecular flexibility index (Phi) is 3.61. The lowest BCUT2D eigenvalue weighted by atomic mass is 10.3. The van der Waals surface area contributed by atoms with E-state index in [4.69, 9.17) is 5.11 Å². The number of carboxylic acid groups (broad SMARTS) is 1. The maximum absolute atomic E-state index is 10.7. The zero-order valence-electron chi connectivity index (χ0n) is 8.83. The van der Waals surface area contributed by atoms with Crippen LogP contribution in [0.25, 0.3) is 0 Å². The minimum atomic E-state index is -1.06. The van der Waals surface area contributed by atoms with Crippen molar-refractivity contribution < 1.29 is 9.90 Å². The third kappa shape index (κ3) is 3.22. The van der Waals surface area contributed by atoms with Crippen molar-refractivity contribution >= 4 is 23.3 Å². The molecular formula is C10H10N4O2S. The first kappa shape index (κ1) is 11.5. The van der Waals surface area contributed by atoms with E-state index >= 15 is 0 Å². The van der Waals surface area contributed by atoms with Gasteiger partial charge >= 0.3 is 5.97 Å². The summed E-state index contributed by atoms with van der Waals surface area (Å²) in [5, 5.41) is 11.8. The van der Waals surface area contributed by atoms with Gasteiger partial charge in [-0.25, -0.2) is 19.1 Å². The first-order chi connectivity index (χ1) is 8.25. The molecule has 2 rings (SSSR count). The van der Waals surface area contributed by atoms with Crippen LogP contribution in [0.15, 0.2) is 24.7 Å². The predicted octanol–water partition coefficient (Wildman–Crippen LogP) is 1.29. The van der Waals surface area contributed by atoms with Gasteiger partial charge in [0.2, 0.25) is 0 Å². The lowest BCUT2D eigenvalue weighted by Gasteiger charge is -2.04. The van der Waals surface area contributed by atoms with Crippen molar-refractivity contribution in [2.24, 2.45) is 0 Å². The van der Waals surface area contributed by atoms with E-state index < -0.39 is 5.97 Å². The number of carbonyl (C=O) groups is 1. The van der Waals surface area contributed by atoms with Crippen LogP contribution in [-0.2, 0) is 6.42 Å². The van der Waals surface area contributed by atoms with Gasteiger partial charge in [0.05, 0.1) is 0 Å². The van der Waals surface area contributed by atoms with Crippen molar-refractivity contribution in [2.45, 2.75) is 6.42 Å². The molecule has 0 aromatic carbocycles. The second-order valence-corrected chi connectivity index (χ2v) is 4.17. The molecule has 6 nitrogen and oxygen atoms in total. The van der Waals surface area contributed by atoms with E-state index in [0.29, 0.717) is 12.4 Å². The summed E-state index contributed by atoms with van der Waals surface area (Å²) in [4.78, 5) is 19.4. The number of anilines is 1. The molecular weight excluding hydrogens is 240 g/mol. The highest BCUT2D eigenvalue weighted by molar-refractivity contribution is 7.05. The molecule has 0 amide bonds. The molecule has 0 atom stereocenters. The molecule has 88 valence electrons. The largest absolute Gasteiger partial charge is 0.477 e. The van der Waals surface area contributed by atoms with Crippen LogP contribution in [-0.4, -0.2) is 32.0 Å². The van der Waals surface area contributed by atoms with Crippen molar-refractivity contribution in [3.63, 3.8) is 0 Å². The van der Waals surface area contributed by atoms with Crippen LogP contribution in [0.1, 0.15) is 15.4 Å². The Morgan fingerprint density at radius 1 is 1.47 bits per heavy atom. The normalized spacial score (nSPS) is 10.1. The fraction of sp³-hybridized carbons (Fsp3) is 0.200. The second-order valence-electron chi connectivity index (χ2n) is 3.25. The van der Waals surface area contributed by atoms with Gasteiger partial charge in [0, 0.05) is 30.1 Å². The van der Waals surface area contributed by atoms with Gasteiger partial charge in [-0.05, 0) is 17.6 Å². The summed E-state index contributed by atoms with van der Waals surface area (Å²) in [6.07, 6.45) is 3.82. The highest BCUT2D eigenvalue weighted by Crippen LogP contribution is 2.07. The molecule has 0 bridgehead atoms. The maximum Gasteiger partial charge on any atom is 0.354 e. The fourth-order valence-electron chi connectivity index (χ4n) is 1.26. The first-order valence-corrected chi connectivity index (χ1v) is 5.72. The van der Waals surface area contributed by atoms with Crippen molar-refractivity contribution in [3.8, 4) is 0 Å². The lowest BCUT2D eigenvalue weighted by Crippen LogP contribution is -2.08. The average molecular weight is 250 g/mol. The Hall–Kier alpha value is -2.02. The van der Waals surface area contributed by atoms with Crippen LogP contribution < -0.4 is 5.32 Å². The summed E-state index contributed by atoms with van der Waals surface area (Å²) in [5.74, 6) is -0.542. The van der Waals surface area contributed by atoms with Crippen LogP contribution >= 0.6 is 11.5 Å². The van der Waals surface area contributed by atoms with Crippen LogP contribution in [0.2, 0.25) is 0 Å². The zero-order chi connectivity index (χ0) is 12.1. The van der Waals surface area contributed by atoms with Gasteiger partial charge in [-0.15, -0.1) is 0 Å². The summed E-state index contributed by atoms with van der Waals surface area (Å²) in [5.41, 5.74) is -0.0136. The van der Waals surface area contributed by atoms with Crippen LogP contribution in [0, 0.1) is 0 Å². The molecule has 0 spiro atoms. The standard InChI is InChI=1S/C10H10N4O2S/c15-10(16)8-5-9(13-6-12-8)11-3-1-7-2-4-14-17-7/h2,4-6H,1,3H2,(H,15,16)(H,11,12,13). The van der Waals surface area contributed by atoms with Crippen LogP contribution in [0.4, 0.5) is 5.82 Å². The highest BCUT2D eigenvalue weighted by atomic mass is 32.1. The number of nitrogens with zero attached hydrogens (tertiary/aromatic N) is 3. The molecule has 7 heteroatoms. The van der Waals surface area contributed by atoms with Gasteiger partial charge in [-0.3, -0.25) is 0 Å². The minimum absolute atomic E-state index is 0.0136.